The molecule has 1 heterocycles. The first kappa shape index (κ1) is 17.0. The second-order valence-corrected chi connectivity index (χ2v) is 6.23. The van der Waals surface area contributed by atoms with Gasteiger partial charge in [0.2, 0.25) is 0 Å². The van der Waals surface area contributed by atoms with Crippen LogP contribution in [0.25, 0.3) is 0 Å². The molecule has 0 bridgehead atoms. The Morgan fingerprint density at radius 3 is 1.86 bits per heavy atom. The van der Waals surface area contributed by atoms with Crippen molar-refractivity contribution in [3.8, 4) is 0 Å². The highest BCUT2D eigenvalue weighted by atomic mass is 16.8. The van der Waals surface area contributed by atoms with Crippen LogP contribution < -0.4 is 0 Å². The van der Waals surface area contributed by atoms with Crippen molar-refractivity contribution < 1.29 is 28.5 Å². The summed E-state index contributed by atoms with van der Waals surface area (Å²) in [6.07, 6.45) is 0.551. The van der Waals surface area contributed by atoms with Crippen molar-refractivity contribution in [2.24, 2.45) is 0 Å². The van der Waals surface area contributed by atoms with E-state index >= 15 is 0 Å². The van der Waals surface area contributed by atoms with Crippen LogP contribution >= 0.6 is 0 Å². The molecule has 1 aliphatic heterocycles. The minimum absolute atomic E-state index is 0.297. The molecule has 2 rings (SSSR count). The van der Waals surface area contributed by atoms with Crippen molar-refractivity contribution in [1.82, 2.24) is 0 Å². The Bertz CT molecular complexity index is 449. The van der Waals surface area contributed by atoms with E-state index in [2.05, 4.69) is 0 Å². The van der Waals surface area contributed by atoms with E-state index in [0.717, 1.165) is 12.0 Å². The molecule has 0 aromatic rings. The van der Waals surface area contributed by atoms with Crippen LogP contribution in [-0.2, 0) is 28.5 Å². The van der Waals surface area contributed by atoms with E-state index in [-0.39, 0.29) is 12.2 Å². The molecule has 1 fully saturated rings. The van der Waals surface area contributed by atoms with Gasteiger partial charge in [-0.1, -0.05) is 6.08 Å². The van der Waals surface area contributed by atoms with Gasteiger partial charge < -0.3 is 18.9 Å². The van der Waals surface area contributed by atoms with Gasteiger partial charge in [0, 0.05) is 6.42 Å². The Labute approximate surface area is 130 Å². The van der Waals surface area contributed by atoms with E-state index in [4.69, 9.17) is 18.9 Å². The molecule has 2 aliphatic rings. The van der Waals surface area contributed by atoms with Gasteiger partial charge in [0.25, 0.3) is 0 Å². The fraction of sp³-hybridized carbons (Fsp3) is 0.750. The van der Waals surface area contributed by atoms with Gasteiger partial charge >= 0.3 is 11.9 Å². The predicted molar refractivity (Wildman–Crippen MR) is 77.9 cm³/mol. The van der Waals surface area contributed by atoms with Crippen molar-refractivity contribution in [2.75, 3.05) is 0 Å². The molecule has 0 saturated carbocycles. The van der Waals surface area contributed by atoms with Gasteiger partial charge in [-0.3, -0.25) is 0 Å². The monoisotopic (exact) mass is 312 g/mol. The summed E-state index contributed by atoms with van der Waals surface area (Å²) < 4.78 is 22.0. The maximum Gasteiger partial charge on any atom is 0.339 e. The third-order valence-corrected chi connectivity index (χ3v) is 3.60. The highest BCUT2D eigenvalue weighted by Gasteiger charge is 2.56. The van der Waals surface area contributed by atoms with E-state index in [9.17, 15) is 9.59 Å². The van der Waals surface area contributed by atoms with Crippen molar-refractivity contribution >= 4 is 11.9 Å². The van der Waals surface area contributed by atoms with Crippen LogP contribution in [0.3, 0.4) is 0 Å². The number of allylic oxidation sites excluding steroid dienone is 1. The maximum absolute atomic E-state index is 12.2. The zero-order chi connectivity index (χ0) is 16.5. The summed E-state index contributed by atoms with van der Waals surface area (Å²) in [6, 6.07) is 0. The number of carbonyl (C=O) groups excluding carboxylic acids is 2. The van der Waals surface area contributed by atoms with E-state index < -0.39 is 29.9 Å². The first-order valence-electron chi connectivity index (χ1n) is 7.69. The normalized spacial score (nSPS) is 26.6. The van der Waals surface area contributed by atoms with E-state index in [0.29, 0.717) is 6.42 Å². The fourth-order valence-electron chi connectivity index (χ4n) is 2.64. The van der Waals surface area contributed by atoms with Crippen molar-refractivity contribution in [3.05, 3.63) is 11.6 Å². The van der Waals surface area contributed by atoms with Gasteiger partial charge in [0.1, 0.15) is 0 Å². The summed E-state index contributed by atoms with van der Waals surface area (Å²) in [6.45, 7) is 8.84. The molecule has 0 radical (unpaired) electrons. The number of carbonyl (C=O) groups is 2. The third-order valence-electron chi connectivity index (χ3n) is 3.60. The molecule has 0 amide bonds. The van der Waals surface area contributed by atoms with Crippen molar-refractivity contribution in [3.63, 3.8) is 0 Å². The van der Waals surface area contributed by atoms with Gasteiger partial charge in [-0.15, -0.1) is 0 Å². The topological polar surface area (TPSA) is 71.1 Å². The Hall–Kier alpha value is -1.40. The lowest BCUT2D eigenvalue weighted by Crippen LogP contribution is -2.40. The van der Waals surface area contributed by atoms with Gasteiger partial charge in [0.05, 0.1) is 12.2 Å². The highest BCUT2D eigenvalue weighted by Crippen LogP contribution is 2.43. The molecule has 6 heteroatoms. The average Bonchev–Trinajstić information content (AvgIpc) is 2.94. The molecular formula is C16H24O6. The van der Waals surface area contributed by atoms with Gasteiger partial charge in [0.15, 0.2) is 18.0 Å². The van der Waals surface area contributed by atoms with E-state index in [1.165, 1.54) is 0 Å². The predicted octanol–water partition coefficient (Wildman–Crippen LogP) is 2.11. The summed E-state index contributed by atoms with van der Waals surface area (Å²) in [4.78, 5) is 24.5. The lowest BCUT2D eigenvalue weighted by molar-refractivity contribution is -0.174. The van der Waals surface area contributed by atoms with Crippen LogP contribution in [0.2, 0.25) is 0 Å². The Morgan fingerprint density at radius 2 is 1.55 bits per heavy atom. The van der Waals surface area contributed by atoms with Crippen molar-refractivity contribution in [2.45, 2.75) is 77.7 Å². The van der Waals surface area contributed by atoms with Crippen LogP contribution in [0.5, 0.6) is 0 Å². The summed E-state index contributed by atoms with van der Waals surface area (Å²) in [5.74, 6) is -2.21. The van der Waals surface area contributed by atoms with Crippen LogP contribution in [0.4, 0.5) is 0 Å². The largest absolute Gasteiger partial charge is 0.461 e. The number of hydrogen-bond donors (Lipinski definition) is 0. The second kappa shape index (κ2) is 6.38. The van der Waals surface area contributed by atoms with E-state index in [1.54, 1.807) is 27.7 Å². The maximum atomic E-state index is 12.2. The Kier molecular flexibility index (Phi) is 4.92. The van der Waals surface area contributed by atoms with Crippen LogP contribution in [-0.4, -0.2) is 42.1 Å². The number of hydrogen-bond acceptors (Lipinski definition) is 6. The Morgan fingerprint density at radius 1 is 1.09 bits per heavy atom. The molecule has 1 spiro atoms. The van der Waals surface area contributed by atoms with Crippen LogP contribution in [0.1, 0.15) is 47.5 Å². The molecule has 1 saturated heterocycles. The van der Waals surface area contributed by atoms with E-state index in [1.807, 2.05) is 13.0 Å². The Balaban J connectivity index is 2.21. The molecule has 0 aromatic carbocycles. The second-order valence-electron chi connectivity index (χ2n) is 6.23. The standard InChI is InChI=1S/C16H24O6/c1-9(2)19-14(17)12-13(15(18)20-10(3)4)22-16(21-12)8-6-7-11(16)5/h7,9-10,12-13H,6,8H2,1-5H3/t12-,13-/m1/s1. The summed E-state index contributed by atoms with van der Waals surface area (Å²) in [5, 5.41) is 0. The molecule has 0 unspecified atom stereocenters. The lowest BCUT2D eigenvalue weighted by Gasteiger charge is -2.24. The minimum Gasteiger partial charge on any atom is -0.461 e. The fourth-order valence-corrected chi connectivity index (χ4v) is 2.64. The molecule has 22 heavy (non-hydrogen) atoms. The lowest BCUT2D eigenvalue weighted by atomic mass is 10.1. The van der Waals surface area contributed by atoms with Crippen LogP contribution in [0, 0.1) is 0 Å². The molecule has 0 N–H and O–H groups in total. The zero-order valence-electron chi connectivity index (χ0n) is 13.8. The SMILES string of the molecule is CC1=CCCC12O[C@@H](C(=O)OC(C)C)[C@H](C(=O)OC(C)C)O2. The quantitative estimate of drug-likeness (QED) is 0.585. The first-order valence-corrected chi connectivity index (χ1v) is 7.69. The van der Waals surface area contributed by atoms with Crippen LogP contribution in [0.15, 0.2) is 11.6 Å². The summed E-state index contributed by atoms with van der Waals surface area (Å²) in [7, 11) is 0. The number of esters is 2. The molecule has 1 aliphatic carbocycles. The summed E-state index contributed by atoms with van der Waals surface area (Å²) in [5.41, 5.74) is 0.870. The molecule has 0 aromatic heterocycles. The number of rotatable bonds is 4. The van der Waals surface area contributed by atoms with Gasteiger partial charge in [-0.05, 0) is 46.6 Å². The minimum atomic E-state index is -1.10. The van der Waals surface area contributed by atoms with Crippen molar-refractivity contribution in [1.29, 1.82) is 0 Å². The first-order chi connectivity index (χ1) is 10.2. The third kappa shape index (κ3) is 3.33. The zero-order valence-corrected chi connectivity index (χ0v) is 13.8. The highest BCUT2D eigenvalue weighted by molar-refractivity contribution is 5.86. The average molecular weight is 312 g/mol. The summed E-state index contributed by atoms with van der Waals surface area (Å²) >= 11 is 0. The number of ether oxygens (including phenoxy) is 4. The molecular weight excluding hydrogens is 288 g/mol. The molecule has 124 valence electrons. The van der Waals surface area contributed by atoms with Gasteiger partial charge in [-0.25, -0.2) is 9.59 Å². The smallest absolute Gasteiger partial charge is 0.339 e. The molecule has 2 atom stereocenters. The van der Waals surface area contributed by atoms with Gasteiger partial charge in [-0.2, -0.15) is 0 Å². The molecule has 6 nitrogen and oxygen atoms in total.